The van der Waals surface area contributed by atoms with E-state index in [0.717, 1.165) is 21.8 Å². The van der Waals surface area contributed by atoms with E-state index in [-0.39, 0.29) is 5.91 Å². The highest BCUT2D eigenvalue weighted by Gasteiger charge is 2.08. The molecule has 0 aliphatic heterocycles. The molecule has 0 spiro atoms. The summed E-state index contributed by atoms with van der Waals surface area (Å²) in [6, 6.07) is 7.99. The van der Waals surface area contributed by atoms with Crippen LogP contribution in [-0.4, -0.2) is 17.9 Å². The maximum absolute atomic E-state index is 11.3. The first-order chi connectivity index (χ1) is 8.72. The molecule has 5 heteroatoms. The third-order valence-electron chi connectivity index (χ3n) is 2.58. The molecule has 1 heterocycles. The van der Waals surface area contributed by atoms with Gasteiger partial charge in [0.1, 0.15) is 5.01 Å². The molecule has 0 atom stereocenters. The zero-order valence-corrected chi connectivity index (χ0v) is 11.0. The summed E-state index contributed by atoms with van der Waals surface area (Å²) in [4.78, 5) is 15.7. The smallest absolute Gasteiger partial charge is 0.225 e. The Morgan fingerprint density at radius 1 is 1.50 bits per heavy atom. The van der Waals surface area contributed by atoms with Crippen molar-refractivity contribution in [3.8, 4) is 10.6 Å². The summed E-state index contributed by atoms with van der Waals surface area (Å²) in [5, 5.41) is 5.43. The van der Waals surface area contributed by atoms with Crippen molar-refractivity contribution in [2.75, 3.05) is 7.05 Å². The Labute approximate surface area is 110 Å². The second-order valence-electron chi connectivity index (χ2n) is 3.90. The molecule has 1 aromatic heterocycles. The van der Waals surface area contributed by atoms with Gasteiger partial charge in [0.2, 0.25) is 5.91 Å². The van der Waals surface area contributed by atoms with Crippen LogP contribution in [0.15, 0.2) is 29.6 Å². The third kappa shape index (κ3) is 2.94. The Morgan fingerprint density at radius 2 is 2.33 bits per heavy atom. The van der Waals surface area contributed by atoms with Crippen LogP contribution in [0.3, 0.4) is 0 Å². The van der Waals surface area contributed by atoms with Crippen molar-refractivity contribution in [2.24, 2.45) is 5.73 Å². The van der Waals surface area contributed by atoms with Crippen molar-refractivity contribution in [2.45, 2.75) is 13.0 Å². The van der Waals surface area contributed by atoms with Gasteiger partial charge in [0, 0.05) is 24.5 Å². The Kier molecular flexibility index (Phi) is 4.07. The van der Waals surface area contributed by atoms with Crippen LogP contribution in [0.5, 0.6) is 0 Å². The van der Waals surface area contributed by atoms with Crippen LogP contribution in [0.2, 0.25) is 0 Å². The van der Waals surface area contributed by atoms with Gasteiger partial charge in [-0.2, -0.15) is 0 Å². The fourth-order valence-electron chi connectivity index (χ4n) is 1.60. The minimum atomic E-state index is -0.0254. The topological polar surface area (TPSA) is 68.0 Å². The Balaban J connectivity index is 2.20. The number of hydrogen-bond acceptors (Lipinski definition) is 4. The summed E-state index contributed by atoms with van der Waals surface area (Å²) >= 11 is 1.54. The lowest BCUT2D eigenvalue weighted by Crippen LogP contribution is -2.19. The van der Waals surface area contributed by atoms with Gasteiger partial charge in [-0.15, -0.1) is 11.3 Å². The van der Waals surface area contributed by atoms with Gasteiger partial charge in [-0.05, 0) is 11.6 Å². The summed E-state index contributed by atoms with van der Waals surface area (Å²) in [6.45, 7) is 0.518. The molecule has 0 bridgehead atoms. The molecule has 2 rings (SSSR count). The molecule has 18 heavy (non-hydrogen) atoms. The van der Waals surface area contributed by atoms with E-state index in [1.54, 1.807) is 18.4 Å². The van der Waals surface area contributed by atoms with Gasteiger partial charge >= 0.3 is 0 Å². The number of hydrogen-bond donors (Lipinski definition) is 2. The summed E-state index contributed by atoms with van der Waals surface area (Å²) in [5.41, 5.74) is 8.54. The zero-order chi connectivity index (χ0) is 13.0. The number of benzene rings is 1. The van der Waals surface area contributed by atoms with Crippen LogP contribution in [0, 0.1) is 0 Å². The van der Waals surface area contributed by atoms with Crippen LogP contribution >= 0.6 is 11.3 Å². The second-order valence-corrected chi connectivity index (χ2v) is 4.76. The SMILES string of the molecule is CNC(=O)Cc1csc(-c2cccc(CN)c2)n1. The van der Waals surface area contributed by atoms with Gasteiger partial charge in [0.25, 0.3) is 0 Å². The van der Waals surface area contributed by atoms with Crippen LogP contribution in [0.25, 0.3) is 10.6 Å². The van der Waals surface area contributed by atoms with E-state index in [4.69, 9.17) is 5.73 Å². The molecule has 1 aromatic carbocycles. The molecule has 94 valence electrons. The molecule has 0 saturated carbocycles. The predicted molar refractivity (Wildman–Crippen MR) is 73.2 cm³/mol. The average Bonchev–Trinajstić information content (AvgIpc) is 2.87. The second kappa shape index (κ2) is 5.75. The molecule has 4 nitrogen and oxygen atoms in total. The highest BCUT2D eigenvalue weighted by Crippen LogP contribution is 2.24. The van der Waals surface area contributed by atoms with E-state index in [0.29, 0.717) is 13.0 Å². The first kappa shape index (κ1) is 12.7. The number of amides is 1. The van der Waals surface area contributed by atoms with Gasteiger partial charge in [-0.1, -0.05) is 18.2 Å². The standard InChI is InChI=1S/C13H15N3OS/c1-15-12(17)6-11-8-18-13(16-11)10-4-2-3-9(5-10)7-14/h2-5,8H,6-7,14H2,1H3,(H,15,17). The number of rotatable bonds is 4. The fraction of sp³-hybridized carbons (Fsp3) is 0.231. The van der Waals surface area contributed by atoms with Gasteiger partial charge in [0.05, 0.1) is 12.1 Å². The number of nitrogens with zero attached hydrogens (tertiary/aromatic N) is 1. The largest absolute Gasteiger partial charge is 0.359 e. The first-order valence-corrected chi connectivity index (χ1v) is 6.55. The molecule has 2 aromatic rings. The minimum absolute atomic E-state index is 0.0254. The van der Waals surface area contributed by atoms with Gasteiger partial charge in [0.15, 0.2) is 0 Å². The number of nitrogens with two attached hydrogens (primary N) is 1. The Bertz CT molecular complexity index is 551. The summed E-state index contributed by atoms with van der Waals surface area (Å²) in [5.74, 6) is -0.0254. The maximum Gasteiger partial charge on any atom is 0.225 e. The van der Waals surface area contributed by atoms with Gasteiger partial charge in [-0.25, -0.2) is 4.98 Å². The molecule has 0 fully saturated rings. The number of carbonyl (C=O) groups excluding carboxylic acids is 1. The quantitative estimate of drug-likeness (QED) is 0.877. The van der Waals surface area contributed by atoms with Gasteiger partial charge < -0.3 is 11.1 Å². The van der Waals surface area contributed by atoms with Crippen molar-refractivity contribution in [3.63, 3.8) is 0 Å². The average molecular weight is 261 g/mol. The van der Waals surface area contributed by atoms with Crippen molar-refractivity contribution in [1.82, 2.24) is 10.3 Å². The number of nitrogens with one attached hydrogen (secondary N) is 1. The lowest BCUT2D eigenvalue weighted by atomic mass is 10.1. The monoisotopic (exact) mass is 261 g/mol. The molecular weight excluding hydrogens is 246 g/mol. The van der Waals surface area contributed by atoms with E-state index in [1.807, 2.05) is 29.6 Å². The Hall–Kier alpha value is -1.72. The summed E-state index contributed by atoms with van der Waals surface area (Å²) < 4.78 is 0. The number of thiazole rings is 1. The summed E-state index contributed by atoms with van der Waals surface area (Å²) in [6.07, 6.45) is 0.323. The minimum Gasteiger partial charge on any atom is -0.359 e. The Morgan fingerprint density at radius 3 is 3.06 bits per heavy atom. The summed E-state index contributed by atoms with van der Waals surface area (Å²) in [7, 11) is 1.63. The molecule has 0 aliphatic rings. The van der Waals surface area contributed by atoms with E-state index in [9.17, 15) is 4.79 Å². The van der Waals surface area contributed by atoms with Crippen molar-refractivity contribution >= 4 is 17.2 Å². The highest BCUT2D eigenvalue weighted by atomic mass is 32.1. The molecular formula is C13H15N3OS. The highest BCUT2D eigenvalue weighted by molar-refractivity contribution is 7.13. The molecule has 3 N–H and O–H groups in total. The van der Waals surface area contributed by atoms with E-state index < -0.39 is 0 Å². The fourth-order valence-corrected chi connectivity index (χ4v) is 2.42. The van der Waals surface area contributed by atoms with Crippen molar-refractivity contribution in [3.05, 3.63) is 40.9 Å². The molecule has 0 saturated heterocycles. The van der Waals surface area contributed by atoms with E-state index in [1.165, 1.54) is 0 Å². The van der Waals surface area contributed by atoms with Crippen LogP contribution in [-0.2, 0) is 17.8 Å². The maximum atomic E-state index is 11.3. The van der Waals surface area contributed by atoms with Crippen LogP contribution in [0.1, 0.15) is 11.3 Å². The molecule has 0 radical (unpaired) electrons. The number of likely N-dealkylation sites (N-methyl/N-ethyl adjacent to an activating group) is 1. The van der Waals surface area contributed by atoms with E-state index in [2.05, 4.69) is 10.3 Å². The molecule has 1 amide bonds. The lowest BCUT2D eigenvalue weighted by Gasteiger charge is -2.00. The van der Waals surface area contributed by atoms with Crippen LogP contribution in [0.4, 0.5) is 0 Å². The van der Waals surface area contributed by atoms with Crippen molar-refractivity contribution < 1.29 is 4.79 Å². The van der Waals surface area contributed by atoms with Gasteiger partial charge in [-0.3, -0.25) is 4.79 Å². The molecule has 0 aliphatic carbocycles. The van der Waals surface area contributed by atoms with Crippen LogP contribution < -0.4 is 11.1 Å². The zero-order valence-electron chi connectivity index (χ0n) is 10.1. The number of aromatic nitrogens is 1. The number of carbonyl (C=O) groups is 1. The molecule has 0 unspecified atom stereocenters. The van der Waals surface area contributed by atoms with E-state index >= 15 is 0 Å². The third-order valence-corrected chi connectivity index (χ3v) is 3.52. The van der Waals surface area contributed by atoms with Crippen molar-refractivity contribution in [1.29, 1.82) is 0 Å². The normalized spacial score (nSPS) is 10.3. The predicted octanol–water partition coefficient (Wildman–Crippen LogP) is 1.56. The lowest BCUT2D eigenvalue weighted by molar-refractivity contribution is -0.120. The first-order valence-electron chi connectivity index (χ1n) is 5.67.